The molecule has 0 fully saturated rings. The summed E-state index contributed by atoms with van der Waals surface area (Å²) in [7, 11) is 0. The molecule has 1 heterocycles. The maximum absolute atomic E-state index is 13.3. The number of nitriles is 1. The van der Waals surface area contributed by atoms with Gasteiger partial charge in [-0.05, 0) is 18.6 Å². The molecule has 15 heavy (non-hydrogen) atoms. The average molecular weight is 204 g/mol. The third-order valence-corrected chi connectivity index (χ3v) is 2.53. The van der Waals surface area contributed by atoms with Crippen molar-refractivity contribution >= 4 is 5.91 Å². The minimum atomic E-state index is -0.336. The number of hydrogen-bond donors (Lipinski definition) is 0. The number of hydrogen-bond acceptors (Lipinski definition) is 2. The second-order valence-electron chi connectivity index (χ2n) is 3.40. The van der Waals surface area contributed by atoms with E-state index in [1.807, 2.05) is 6.07 Å². The predicted molar refractivity (Wildman–Crippen MR) is 51.6 cm³/mol. The molecule has 1 aromatic carbocycles. The summed E-state index contributed by atoms with van der Waals surface area (Å²) in [6.45, 7) is 0.481. The lowest BCUT2D eigenvalue weighted by molar-refractivity contribution is 0.0759. The highest BCUT2D eigenvalue weighted by Crippen LogP contribution is 2.21. The number of carbonyl (C=O) groups is 1. The Kier molecular flexibility index (Phi) is 2.38. The van der Waals surface area contributed by atoms with E-state index in [2.05, 4.69) is 0 Å². The normalized spacial score (nSPS) is 14.7. The van der Waals surface area contributed by atoms with E-state index in [9.17, 15) is 9.18 Å². The maximum Gasteiger partial charge on any atom is 0.255 e. The van der Waals surface area contributed by atoms with Crippen LogP contribution < -0.4 is 0 Å². The number of nitrogens with zero attached hydrogens (tertiary/aromatic N) is 2. The zero-order chi connectivity index (χ0) is 10.8. The van der Waals surface area contributed by atoms with Crippen LogP contribution in [0.4, 0.5) is 4.39 Å². The van der Waals surface area contributed by atoms with Crippen molar-refractivity contribution in [2.45, 2.75) is 6.42 Å². The molecule has 2 rings (SSSR count). The minimum Gasteiger partial charge on any atom is -0.325 e. The molecule has 3 nitrogen and oxygen atoms in total. The molecule has 0 aliphatic carbocycles. The Balaban J connectivity index is 2.39. The van der Waals surface area contributed by atoms with Crippen molar-refractivity contribution in [3.63, 3.8) is 0 Å². The highest BCUT2D eigenvalue weighted by atomic mass is 19.1. The summed E-state index contributed by atoms with van der Waals surface area (Å²) in [6.07, 6.45) is 0.482. The van der Waals surface area contributed by atoms with Gasteiger partial charge in [-0.1, -0.05) is 6.07 Å². The van der Waals surface area contributed by atoms with Crippen LogP contribution >= 0.6 is 0 Å². The molecule has 0 spiro atoms. The van der Waals surface area contributed by atoms with Crippen molar-refractivity contribution in [3.05, 3.63) is 35.1 Å². The summed E-state index contributed by atoms with van der Waals surface area (Å²) in [6, 6.07) is 6.40. The summed E-state index contributed by atoms with van der Waals surface area (Å²) in [4.78, 5) is 13.2. The van der Waals surface area contributed by atoms with Crippen LogP contribution in [0, 0.1) is 17.1 Å². The number of amides is 1. The zero-order valence-electron chi connectivity index (χ0n) is 8.03. The molecule has 1 amide bonds. The third kappa shape index (κ3) is 1.57. The van der Waals surface area contributed by atoms with Gasteiger partial charge in [0.2, 0.25) is 0 Å². The Labute approximate surface area is 86.7 Å². The summed E-state index contributed by atoms with van der Waals surface area (Å²) in [5.41, 5.74) is 0.855. The van der Waals surface area contributed by atoms with E-state index >= 15 is 0 Å². The lowest BCUT2D eigenvalue weighted by Crippen LogP contribution is -2.38. The standard InChI is InChI=1S/C11H9FN2O/c12-10-3-1-2-9-8(10)4-6-14(7-5-13)11(9)15/h1-3H,4,6-7H2. The minimum absolute atomic E-state index is 0.0643. The first kappa shape index (κ1) is 9.66. The number of halogens is 1. The highest BCUT2D eigenvalue weighted by Gasteiger charge is 2.25. The van der Waals surface area contributed by atoms with Gasteiger partial charge in [0, 0.05) is 17.7 Å². The SMILES string of the molecule is N#CCN1CCc2c(F)cccc2C1=O. The van der Waals surface area contributed by atoms with Gasteiger partial charge in [-0.3, -0.25) is 4.79 Å². The van der Waals surface area contributed by atoms with E-state index in [4.69, 9.17) is 5.26 Å². The van der Waals surface area contributed by atoms with Gasteiger partial charge in [0.15, 0.2) is 0 Å². The van der Waals surface area contributed by atoms with Crippen molar-refractivity contribution in [2.24, 2.45) is 0 Å². The molecule has 76 valence electrons. The van der Waals surface area contributed by atoms with Crippen LogP contribution in [0.5, 0.6) is 0 Å². The third-order valence-electron chi connectivity index (χ3n) is 2.53. The van der Waals surface area contributed by atoms with Crippen molar-refractivity contribution in [2.75, 3.05) is 13.1 Å². The van der Waals surface area contributed by atoms with Crippen LogP contribution in [0.2, 0.25) is 0 Å². The molecule has 0 radical (unpaired) electrons. The first-order chi connectivity index (χ1) is 7.24. The fourth-order valence-electron chi connectivity index (χ4n) is 1.77. The second kappa shape index (κ2) is 3.70. The molecule has 0 N–H and O–H groups in total. The lowest BCUT2D eigenvalue weighted by Gasteiger charge is -2.26. The highest BCUT2D eigenvalue weighted by molar-refractivity contribution is 5.96. The number of benzene rings is 1. The Bertz CT molecular complexity index is 450. The molecule has 1 aliphatic rings. The summed E-state index contributed by atoms with van der Waals surface area (Å²) in [5.74, 6) is -0.588. The Hall–Kier alpha value is -1.89. The molecule has 0 saturated heterocycles. The molecule has 4 heteroatoms. The molecule has 1 aromatic rings. The fourth-order valence-corrected chi connectivity index (χ4v) is 1.77. The van der Waals surface area contributed by atoms with Gasteiger partial charge in [0.1, 0.15) is 12.4 Å². The second-order valence-corrected chi connectivity index (χ2v) is 3.40. The van der Waals surface area contributed by atoms with E-state index in [0.717, 1.165) is 0 Å². The van der Waals surface area contributed by atoms with Gasteiger partial charge in [-0.2, -0.15) is 5.26 Å². The molecule has 0 unspecified atom stereocenters. The van der Waals surface area contributed by atoms with E-state index in [1.165, 1.54) is 17.0 Å². The zero-order valence-corrected chi connectivity index (χ0v) is 8.03. The molecule has 0 bridgehead atoms. The van der Waals surface area contributed by atoms with Crippen LogP contribution in [0.15, 0.2) is 18.2 Å². The predicted octanol–water partition coefficient (Wildman–Crippen LogP) is 1.35. The number of fused-ring (bicyclic) bond motifs is 1. The topological polar surface area (TPSA) is 44.1 Å². The molecule has 0 aromatic heterocycles. The van der Waals surface area contributed by atoms with Crippen molar-refractivity contribution in [3.8, 4) is 6.07 Å². The van der Waals surface area contributed by atoms with Crippen LogP contribution in [0.1, 0.15) is 15.9 Å². The van der Waals surface area contributed by atoms with Crippen LogP contribution in [-0.2, 0) is 6.42 Å². The van der Waals surface area contributed by atoms with Gasteiger partial charge in [0.05, 0.1) is 6.07 Å². The average Bonchev–Trinajstić information content (AvgIpc) is 2.23. The fraction of sp³-hybridized carbons (Fsp3) is 0.273. The number of carbonyl (C=O) groups excluding carboxylic acids is 1. The maximum atomic E-state index is 13.3. The molecule has 1 aliphatic heterocycles. The van der Waals surface area contributed by atoms with Crippen LogP contribution in [-0.4, -0.2) is 23.9 Å². The van der Waals surface area contributed by atoms with Crippen molar-refractivity contribution in [1.29, 1.82) is 5.26 Å². The monoisotopic (exact) mass is 204 g/mol. The Morgan fingerprint density at radius 3 is 3.07 bits per heavy atom. The van der Waals surface area contributed by atoms with Gasteiger partial charge in [-0.25, -0.2) is 4.39 Å². The van der Waals surface area contributed by atoms with Gasteiger partial charge in [-0.15, -0.1) is 0 Å². The molecule has 0 saturated carbocycles. The number of rotatable bonds is 1. The summed E-state index contributed by atoms with van der Waals surface area (Å²) >= 11 is 0. The van der Waals surface area contributed by atoms with Crippen molar-refractivity contribution < 1.29 is 9.18 Å². The smallest absolute Gasteiger partial charge is 0.255 e. The largest absolute Gasteiger partial charge is 0.325 e. The van der Waals surface area contributed by atoms with Crippen molar-refractivity contribution in [1.82, 2.24) is 4.90 Å². The molecular weight excluding hydrogens is 195 g/mol. The van der Waals surface area contributed by atoms with E-state index in [-0.39, 0.29) is 18.3 Å². The van der Waals surface area contributed by atoms with Gasteiger partial charge >= 0.3 is 0 Å². The van der Waals surface area contributed by atoms with E-state index < -0.39 is 0 Å². The first-order valence-corrected chi connectivity index (χ1v) is 4.67. The first-order valence-electron chi connectivity index (χ1n) is 4.67. The quantitative estimate of drug-likeness (QED) is 0.648. The Morgan fingerprint density at radius 1 is 1.53 bits per heavy atom. The van der Waals surface area contributed by atoms with E-state index in [0.29, 0.717) is 24.1 Å². The van der Waals surface area contributed by atoms with E-state index in [1.54, 1.807) is 6.07 Å². The van der Waals surface area contributed by atoms with Gasteiger partial charge in [0.25, 0.3) is 5.91 Å². The molecular formula is C11H9FN2O. The van der Waals surface area contributed by atoms with Gasteiger partial charge < -0.3 is 4.90 Å². The lowest BCUT2D eigenvalue weighted by atomic mass is 9.98. The summed E-state index contributed by atoms with van der Waals surface area (Å²) < 4.78 is 13.3. The van der Waals surface area contributed by atoms with Crippen LogP contribution in [0.25, 0.3) is 0 Å². The van der Waals surface area contributed by atoms with Crippen LogP contribution in [0.3, 0.4) is 0 Å². The Morgan fingerprint density at radius 2 is 2.33 bits per heavy atom. The molecule has 0 atom stereocenters. The summed E-state index contributed by atoms with van der Waals surface area (Å²) in [5, 5.41) is 8.52.